The molecule has 0 aliphatic carbocycles. The van der Waals surface area contributed by atoms with Gasteiger partial charge in [-0.15, -0.1) is 22.7 Å². The fourth-order valence-corrected chi connectivity index (χ4v) is 4.75. The lowest BCUT2D eigenvalue weighted by Crippen LogP contribution is -1.67. The monoisotopic (exact) mass is 344 g/mol. The van der Waals surface area contributed by atoms with Crippen molar-refractivity contribution < 1.29 is 0 Å². The van der Waals surface area contributed by atoms with E-state index < -0.39 is 0 Å². The van der Waals surface area contributed by atoms with Gasteiger partial charge >= 0.3 is 0 Å². The summed E-state index contributed by atoms with van der Waals surface area (Å²) < 4.78 is 2.72. The smallest absolute Gasteiger partial charge is 0.0463 e. The standard InChI is InChI=1S/C22H16S2/c1-3-7-17(8-4-1)11-13-19-15-21-22(23-19)16-20(24-21)14-12-18-9-5-2-6-10-18/h1-16H/b13-11+,14-12+. The molecule has 0 atom stereocenters. The molecule has 0 N–H and O–H groups in total. The fourth-order valence-electron chi connectivity index (χ4n) is 2.52. The molecule has 0 amide bonds. The number of thiophene rings is 2. The Labute approximate surface area is 150 Å². The summed E-state index contributed by atoms with van der Waals surface area (Å²) in [6.07, 6.45) is 8.75. The first-order valence-electron chi connectivity index (χ1n) is 7.86. The molecule has 0 radical (unpaired) electrons. The van der Waals surface area contributed by atoms with Crippen molar-refractivity contribution in [2.24, 2.45) is 0 Å². The molecule has 0 bridgehead atoms. The quantitative estimate of drug-likeness (QED) is 0.364. The lowest BCUT2D eigenvalue weighted by Gasteiger charge is -1.90. The number of rotatable bonds is 4. The molecular formula is C22H16S2. The zero-order valence-electron chi connectivity index (χ0n) is 13.1. The summed E-state index contributed by atoms with van der Waals surface area (Å²) in [5.41, 5.74) is 2.47. The highest BCUT2D eigenvalue weighted by Crippen LogP contribution is 2.34. The SMILES string of the molecule is C(=C\c1cc2sc(/C=C/c3ccccc3)cc2s1)/c1ccccc1. The van der Waals surface area contributed by atoms with Gasteiger partial charge < -0.3 is 0 Å². The molecule has 0 aliphatic heterocycles. The van der Waals surface area contributed by atoms with Crippen molar-refractivity contribution in [3.8, 4) is 0 Å². The molecule has 0 nitrogen and oxygen atoms in total. The maximum Gasteiger partial charge on any atom is 0.0463 e. The molecule has 0 aliphatic rings. The van der Waals surface area contributed by atoms with Gasteiger partial charge in [0, 0.05) is 19.2 Å². The predicted molar refractivity (Wildman–Crippen MR) is 110 cm³/mol. The van der Waals surface area contributed by atoms with E-state index in [1.54, 1.807) is 0 Å². The summed E-state index contributed by atoms with van der Waals surface area (Å²) in [6, 6.07) is 25.4. The van der Waals surface area contributed by atoms with Gasteiger partial charge in [-0.3, -0.25) is 0 Å². The van der Waals surface area contributed by atoms with Crippen LogP contribution in [0.15, 0.2) is 72.8 Å². The molecule has 2 aromatic carbocycles. The second kappa shape index (κ2) is 7.00. The van der Waals surface area contributed by atoms with Gasteiger partial charge in [0.15, 0.2) is 0 Å². The molecule has 4 rings (SSSR count). The zero-order chi connectivity index (χ0) is 16.2. The van der Waals surface area contributed by atoms with Crippen molar-refractivity contribution >= 4 is 56.4 Å². The number of hydrogen-bond donors (Lipinski definition) is 0. The maximum absolute atomic E-state index is 2.28. The minimum atomic E-state index is 1.24. The third kappa shape index (κ3) is 3.56. The van der Waals surface area contributed by atoms with E-state index in [1.165, 1.54) is 30.3 Å². The molecule has 0 spiro atoms. The first-order chi connectivity index (χ1) is 11.9. The minimum absolute atomic E-state index is 1.24. The number of benzene rings is 2. The van der Waals surface area contributed by atoms with Crippen LogP contribution in [0.3, 0.4) is 0 Å². The van der Waals surface area contributed by atoms with Gasteiger partial charge in [-0.2, -0.15) is 0 Å². The van der Waals surface area contributed by atoms with Crippen molar-refractivity contribution in [3.63, 3.8) is 0 Å². The Balaban J connectivity index is 1.53. The van der Waals surface area contributed by atoms with Crippen molar-refractivity contribution in [1.29, 1.82) is 0 Å². The second-order valence-electron chi connectivity index (χ2n) is 5.51. The summed E-state index contributed by atoms with van der Waals surface area (Å²) in [6.45, 7) is 0. The van der Waals surface area contributed by atoms with Gasteiger partial charge in [-0.1, -0.05) is 72.8 Å². The van der Waals surface area contributed by atoms with Crippen LogP contribution in [0.2, 0.25) is 0 Å². The van der Waals surface area contributed by atoms with Crippen molar-refractivity contribution in [1.82, 2.24) is 0 Å². The Morgan fingerprint density at radius 3 is 1.33 bits per heavy atom. The minimum Gasteiger partial charge on any atom is -0.135 e. The fraction of sp³-hybridized carbons (Fsp3) is 0. The van der Waals surface area contributed by atoms with Crippen molar-refractivity contribution in [2.45, 2.75) is 0 Å². The summed E-state index contributed by atoms with van der Waals surface area (Å²) >= 11 is 3.70. The van der Waals surface area contributed by atoms with E-state index in [4.69, 9.17) is 0 Å². The van der Waals surface area contributed by atoms with Crippen LogP contribution in [-0.2, 0) is 0 Å². The third-order valence-electron chi connectivity index (χ3n) is 3.72. The highest BCUT2D eigenvalue weighted by molar-refractivity contribution is 7.28. The lowest BCUT2D eigenvalue weighted by molar-refractivity contribution is 1.67. The van der Waals surface area contributed by atoms with E-state index in [2.05, 4.69) is 85.0 Å². The van der Waals surface area contributed by atoms with Crippen LogP contribution >= 0.6 is 22.7 Å². The van der Waals surface area contributed by atoms with Crippen LogP contribution in [0.4, 0.5) is 0 Å². The lowest BCUT2D eigenvalue weighted by atomic mass is 10.2. The van der Waals surface area contributed by atoms with Gasteiger partial charge in [-0.25, -0.2) is 0 Å². The van der Waals surface area contributed by atoms with Gasteiger partial charge in [0.1, 0.15) is 0 Å². The first-order valence-corrected chi connectivity index (χ1v) is 9.50. The van der Waals surface area contributed by atoms with E-state index >= 15 is 0 Å². The number of hydrogen-bond acceptors (Lipinski definition) is 2. The Bertz CT molecular complexity index is 876. The molecule has 2 heterocycles. The van der Waals surface area contributed by atoms with Gasteiger partial charge in [0.2, 0.25) is 0 Å². The number of fused-ring (bicyclic) bond motifs is 1. The van der Waals surface area contributed by atoms with Crippen LogP contribution < -0.4 is 0 Å². The van der Waals surface area contributed by atoms with Crippen molar-refractivity contribution in [3.05, 3.63) is 93.7 Å². The van der Waals surface area contributed by atoms with E-state index in [0.717, 1.165) is 0 Å². The zero-order valence-corrected chi connectivity index (χ0v) is 14.7. The highest BCUT2D eigenvalue weighted by atomic mass is 32.1. The first kappa shape index (κ1) is 15.1. The Hall–Kier alpha value is -2.42. The molecule has 0 saturated heterocycles. The molecule has 2 heteroatoms. The van der Waals surface area contributed by atoms with E-state index in [9.17, 15) is 0 Å². The normalized spacial score (nSPS) is 11.8. The Morgan fingerprint density at radius 2 is 0.917 bits per heavy atom. The molecule has 0 fully saturated rings. The van der Waals surface area contributed by atoms with Crippen LogP contribution in [-0.4, -0.2) is 0 Å². The molecule has 24 heavy (non-hydrogen) atoms. The van der Waals surface area contributed by atoms with E-state index in [-0.39, 0.29) is 0 Å². The van der Waals surface area contributed by atoms with E-state index in [0.29, 0.717) is 0 Å². The molecule has 116 valence electrons. The predicted octanol–water partition coefficient (Wildman–Crippen LogP) is 7.30. The summed E-state index contributed by atoms with van der Waals surface area (Å²) in [4.78, 5) is 2.61. The largest absolute Gasteiger partial charge is 0.135 e. The molecule has 0 saturated carbocycles. The molecular weight excluding hydrogens is 328 g/mol. The summed E-state index contributed by atoms with van der Waals surface area (Å²) in [7, 11) is 0. The van der Waals surface area contributed by atoms with Crippen LogP contribution in [0, 0.1) is 0 Å². The Kier molecular flexibility index (Phi) is 4.41. The Morgan fingerprint density at radius 1 is 0.500 bits per heavy atom. The average molecular weight is 345 g/mol. The maximum atomic E-state index is 2.28. The van der Waals surface area contributed by atoms with Crippen LogP contribution in [0.5, 0.6) is 0 Å². The van der Waals surface area contributed by atoms with Gasteiger partial charge in [0.05, 0.1) is 0 Å². The second-order valence-corrected chi connectivity index (χ2v) is 7.74. The molecule has 4 aromatic rings. The van der Waals surface area contributed by atoms with Crippen LogP contribution in [0.1, 0.15) is 20.9 Å². The van der Waals surface area contributed by atoms with Gasteiger partial charge in [-0.05, 0) is 35.4 Å². The summed E-state index contributed by atoms with van der Waals surface area (Å²) in [5.74, 6) is 0. The molecule has 0 unspecified atom stereocenters. The highest BCUT2D eigenvalue weighted by Gasteiger charge is 2.03. The topological polar surface area (TPSA) is 0 Å². The van der Waals surface area contributed by atoms with Crippen LogP contribution in [0.25, 0.3) is 33.7 Å². The van der Waals surface area contributed by atoms with Gasteiger partial charge in [0.25, 0.3) is 0 Å². The van der Waals surface area contributed by atoms with E-state index in [1.807, 2.05) is 34.8 Å². The molecule has 2 aromatic heterocycles. The third-order valence-corrected chi connectivity index (χ3v) is 5.95. The summed E-state index contributed by atoms with van der Waals surface area (Å²) in [5, 5.41) is 0. The average Bonchev–Trinajstić information content (AvgIpc) is 3.18. The van der Waals surface area contributed by atoms with Crippen molar-refractivity contribution in [2.75, 3.05) is 0 Å².